The molecule has 4 amide bonds. The summed E-state index contributed by atoms with van der Waals surface area (Å²) in [6.45, 7) is 3.71. The van der Waals surface area contributed by atoms with Crippen molar-refractivity contribution in [3.63, 3.8) is 0 Å². The van der Waals surface area contributed by atoms with Gasteiger partial charge in [-0.2, -0.15) is 0 Å². The number of benzene rings is 1. The Morgan fingerprint density at radius 2 is 1.69 bits per heavy atom. The molecule has 10 heteroatoms. The van der Waals surface area contributed by atoms with Crippen molar-refractivity contribution in [3.05, 3.63) is 24.3 Å². The monoisotopic (exact) mass is 403 g/mol. The summed E-state index contributed by atoms with van der Waals surface area (Å²) in [5, 5.41) is 0.627. The van der Waals surface area contributed by atoms with Gasteiger partial charge in [0.15, 0.2) is 0 Å². The summed E-state index contributed by atoms with van der Waals surface area (Å²) in [5.74, 6) is 0.310. The van der Waals surface area contributed by atoms with E-state index in [1.165, 1.54) is 9.80 Å². The summed E-state index contributed by atoms with van der Waals surface area (Å²) in [7, 11) is 3.52. The highest BCUT2D eigenvalue weighted by molar-refractivity contribution is 6.04. The van der Waals surface area contributed by atoms with Crippen LogP contribution in [-0.4, -0.2) is 104 Å². The first-order chi connectivity index (χ1) is 14.0. The minimum Gasteiger partial charge on any atom is -0.497 e. The number of anilines is 1. The smallest absolute Gasteiger partial charge is 0.434 e. The van der Waals surface area contributed by atoms with Crippen molar-refractivity contribution in [2.24, 2.45) is 0 Å². The van der Waals surface area contributed by atoms with E-state index in [1.807, 2.05) is 36.2 Å². The van der Waals surface area contributed by atoms with Gasteiger partial charge in [-0.25, -0.2) is 9.59 Å². The van der Waals surface area contributed by atoms with Crippen LogP contribution in [0.4, 0.5) is 15.3 Å². The van der Waals surface area contributed by atoms with Gasteiger partial charge in [-0.1, -0.05) is 5.06 Å². The molecular weight excluding hydrogens is 378 g/mol. The maximum Gasteiger partial charge on any atom is 0.434 e. The van der Waals surface area contributed by atoms with Gasteiger partial charge < -0.3 is 29.2 Å². The number of rotatable bonds is 3. The van der Waals surface area contributed by atoms with E-state index in [0.717, 1.165) is 11.4 Å². The number of nitrogens with zero attached hydrogens (tertiary/aromatic N) is 5. The number of hydroxylamine groups is 2. The Morgan fingerprint density at radius 1 is 1.00 bits per heavy atom. The van der Waals surface area contributed by atoms with Crippen LogP contribution in [-0.2, 0) is 9.63 Å². The molecule has 3 aliphatic heterocycles. The number of urea groups is 1. The summed E-state index contributed by atoms with van der Waals surface area (Å²) in [5.41, 5.74) is 1.05. The Hall–Kier alpha value is -3.01. The molecule has 0 aromatic heterocycles. The third kappa shape index (κ3) is 3.67. The number of methoxy groups -OCH3 is 1. The van der Waals surface area contributed by atoms with Gasteiger partial charge in [-0.3, -0.25) is 4.79 Å². The molecular formula is C19H25N5O5. The number of carbonyl (C=O) groups is 3. The van der Waals surface area contributed by atoms with E-state index in [9.17, 15) is 14.4 Å². The highest BCUT2D eigenvalue weighted by Gasteiger charge is 2.50. The molecule has 0 saturated carbocycles. The fraction of sp³-hybridized carbons (Fsp3) is 0.526. The van der Waals surface area contributed by atoms with E-state index in [-0.39, 0.29) is 0 Å². The van der Waals surface area contributed by atoms with Crippen LogP contribution >= 0.6 is 0 Å². The molecule has 3 aliphatic rings. The molecule has 3 heterocycles. The van der Waals surface area contributed by atoms with E-state index in [1.54, 1.807) is 7.11 Å². The lowest BCUT2D eigenvalue weighted by Crippen LogP contribution is -2.51. The zero-order chi connectivity index (χ0) is 20.5. The second kappa shape index (κ2) is 7.78. The van der Waals surface area contributed by atoms with Crippen molar-refractivity contribution in [2.45, 2.75) is 6.04 Å². The number of piperazine rings is 2. The normalized spacial score (nSPS) is 22.8. The average Bonchev–Trinajstić information content (AvgIpc) is 2.98. The van der Waals surface area contributed by atoms with Gasteiger partial charge in [-0.05, 0) is 31.3 Å². The molecule has 0 N–H and O–H groups in total. The van der Waals surface area contributed by atoms with Crippen molar-refractivity contribution in [1.29, 1.82) is 0 Å². The Bertz CT molecular complexity index is 793. The molecule has 1 atom stereocenters. The number of hydrogen-bond acceptors (Lipinski definition) is 7. The maximum atomic E-state index is 12.5. The third-order valence-electron chi connectivity index (χ3n) is 5.63. The van der Waals surface area contributed by atoms with E-state index < -0.39 is 24.1 Å². The maximum absolute atomic E-state index is 12.5. The second-order valence-electron chi connectivity index (χ2n) is 7.42. The SMILES string of the molecule is COc1ccc(N2CCN(C(=O)ON3C(=O)C4CN(C)CCN4C3=O)CC2)cc1. The number of likely N-dealkylation sites (N-methyl/N-ethyl adjacent to an activating group) is 1. The van der Waals surface area contributed by atoms with Gasteiger partial charge in [0.25, 0.3) is 5.91 Å². The van der Waals surface area contributed by atoms with Gasteiger partial charge >= 0.3 is 12.1 Å². The molecule has 10 nitrogen and oxygen atoms in total. The van der Waals surface area contributed by atoms with E-state index in [4.69, 9.17) is 9.57 Å². The molecule has 1 unspecified atom stereocenters. The summed E-state index contributed by atoms with van der Waals surface area (Å²) in [4.78, 5) is 49.9. The van der Waals surface area contributed by atoms with Crippen molar-refractivity contribution < 1.29 is 24.0 Å². The lowest BCUT2D eigenvalue weighted by molar-refractivity contribution is -0.152. The van der Waals surface area contributed by atoms with E-state index >= 15 is 0 Å². The van der Waals surface area contributed by atoms with Gasteiger partial charge in [0.2, 0.25) is 0 Å². The first kappa shape index (κ1) is 19.3. The lowest BCUT2D eigenvalue weighted by Gasteiger charge is -2.35. The number of amides is 4. The molecule has 0 radical (unpaired) electrons. The van der Waals surface area contributed by atoms with E-state index in [0.29, 0.717) is 50.9 Å². The first-order valence-corrected chi connectivity index (χ1v) is 9.67. The zero-order valence-corrected chi connectivity index (χ0v) is 16.6. The van der Waals surface area contributed by atoms with Crippen LogP contribution in [0.15, 0.2) is 24.3 Å². The summed E-state index contributed by atoms with van der Waals surface area (Å²) >= 11 is 0. The first-order valence-electron chi connectivity index (χ1n) is 9.67. The second-order valence-corrected chi connectivity index (χ2v) is 7.42. The number of ether oxygens (including phenoxy) is 1. The van der Waals surface area contributed by atoms with Crippen molar-refractivity contribution in [1.82, 2.24) is 19.8 Å². The number of carbonyl (C=O) groups excluding carboxylic acids is 3. The number of hydrogen-bond donors (Lipinski definition) is 0. The molecule has 0 aliphatic carbocycles. The summed E-state index contributed by atoms with van der Waals surface area (Å²) in [6, 6.07) is 6.60. The van der Waals surface area contributed by atoms with Gasteiger partial charge in [0, 0.05) is 51.5 Å². The highest BCUT2D eigenvalue weighted by atomic mass is 16.7. The summed E-state index contributed by atoms with van der Waals surface area (Å²) in [6.07, 6.45) is -0.672. The average molecular weight is 403 g/mol. The van der Waals surface area contributed by atoms with Gasteiger partial charge in [-0.15, -0.1) is 0 Å². The van der Waals surface area contributed by atoms with E-state index in [2.05, 4.69) is 4.90 Å². The third-order valence-corrected chi connectivity index (χ3v) is 5.63. The molecule has 1 aromatic rings. The number of fused-ring (bicyclic) bond motifs is 1. The largest absolute Gasteiger partial charge is 0.497 e. The Kier molecular flexibility index (Phi) is 5.18. The topological polar surface area (TPSA) is 85.9 Å². The van der Waals surface area contributed by atoms with Gasteiger partial charge in [0.05, 0.1) is 7.11 Å². The molecule has 0 bridgehead atoms. The van der Waals surface area contributed by atoms with Crippen LogP contribution < -0.4 is 9.64 Å². The quantitative estimate of drug-likeness (QED) is 0.677. The highest BCUT2D eigenvalue weighted by Crippen LogP contribution is 2.23. The molecule has 1 aromatic carbocycles. The van der Waals surface area contributed by atoms with Crippen LogP contribution in [0.3, 0.4) is 0 Å². The predicted molar refractivity (Wildman–Crippen MR) is 103 cm³/mol. The molecule has 0 spiro atoms. The van der Waals surface area contributed by atoms with Crippen LogP contribution in [0.5, 0.6) is 5.75 Å². The fourth-order valence-electron chi connectivity index (χ4n) is 3.87. The fourth-order valence-corrected chi connectivity index (χ4v) is 3.87. The van der Waals surface area contributed by atoms with Gasteiger partial charge in [0.1, 0.15) is 11.8 Å². The predicted octanol–water partition coefficient (Wildman–Crippen LogP) is 0.447. The van der Waals surface area contributed by atoms with Crippen molar-refractivity contribution >= 4 is 23.7 Å². The summed E-state index contributed by atoms with van der Waals surface area (Å²) < 4.78 is 5.17. The number of imide groups is 1. The van der Waals surface area contributed by atoms with Crippen LogP contribution in [0.2, 0.25) is 0 Å². The Labute approximate surface area is 169 Å². The molecule has 3 fully saturated rings. The van der Waals surface area contributed by atoms with Crippen molar-refractivity contribution in [3.8, 4) is 5.75 Å². The Morgan fingerprint density at radius 3 is 2.34 bits per heavy atom. The molecule has 3 saturated heterocycles. The Balaban J connectivity index is 1.33. The van der Waals surface area contributed by atoms with Crippen LogP contribution in [0.25, 0.3) is 0 Å². The minimum atomic E-state index is -0.672. The zero-order valence-electron chi connectivity index (χ0n) is 16.6. The molecule has 156 valence electrons. The standard InChI is InChI=1S/C19H25N5O5/c1-20-7-12-23-16(13-20)17(25)24(18(23)26)29-19(27)22-10-8-21(9-11-22)14-3-5-15(28-2)6-4-14/h3-6,16H,7-13H2,1-2H3. The van der Waals surface area contributed by atoms with Crippen molar-refractivity contribution in [2.75, 3.05) is 64.9 Å². The lowest BCUT2D eigenvalue weighted by atomic mass is 10.2. The molecule has 4 rings (SSSR count). The van der Waals surface area contributed by atoms with Crippen LogP contribution in [0.1, 0.15) is 0 Å². The van der Waals surface area contributed by atoms with Crippen LogP contribution in [0, 0.1) is 0 Å². The minimum absolute atomic E-state index is 0.441. The molecule has 29 heavy (non-hydrogen) atoms.